The standard InChI is InChI=1S/C18H15ClO2/c1-21-16-8-4-7-15(19)17(16)18(20)14-10-9-12-5-2-3-6-13(12)11-14/h2-11,18,20H,1H3. The Balaban J connectivity index is 2.10. The van der Waals surface area contributed by atoms with Crippen molar-refractivity contribution < 1.29 is 9.84 Å². The van der Waals surface area contributed by atoms with E-state index in [4.69, 9.17) is 16.3 Å². The first kappa shape index (κ1) is 13.9. The van der Waals surface area contributed by atoms with Crippen molar-refractivity contribution in [3.63, 3.8) is 0 Å². The zero-order chi connectivity index (χ0) is 14.8. The number of rotatable bonds is 3. The van der Waals surface area contributed by atoms with Crippen molar-refractivity contribution in [2.45, 2.75) is 6.10 Å². The molecule has 0 heterocycles. The fourth-order valence-electron chi connectivity index (χ4n) is 2.51. The second-order valence-electron chi connectivity index (χ2n) is 4.86. The Bertz CT molecular complexity index is 783. The molecule has 106 valence electrons. The number of hydrogen-bond donors (Lipinski definition) is 1. The molecule has 0 saturated heterocycles. The second-order valence-corrected chi connectivity index (χ2v) is 5.27. The highest BCUT2D eigenvalue weighted by molar-refractivity contribution is 6.31. The van der Waals surface area contributed by atoms with Gasteiger partial charge in [0.2, 0.25) is 0 Å². The summed E-state index contributed by atoms with van der Waals surface area (Å²) in [6.45, 7) is 0. The first-order valence-corrected chi connectivity index (χ1v) is 7.07. The third-order valence-corrected chi connectivity index (χ3v) is 3.93. The Kier molecular flexibility index (Phi) is 3.82. The van der Waals surface area contributed by atoms with Gasteiger partial charge in [0.05, 0.1) is 12.1 Å². The largest absolute Gasteiger partial charge is 0.496 e. The summed E-state index contributed by atoms with van der Waals surface area (Å²) in [6.07, 6.45) is -0.821. The Labute approximate surface area is 128 Å². The van der Waals surface area contributed by atoms with Gasteiger partial charge < -0.3 is 9.84 Å². The maximum Gasteiger partial charge on any atom is 0.126 e. The van der Waals surface area contributed by atoms with Crippen LogP contribution in [0, 0.1) is 0 Å². The molecule has 0 spiro atoms. The van der Waals surface area contributed by atoms with E-state index in [1.807, 2.05) is 42.5 Å². The molecule has 0 aliphatic rings. The van der Waals surface area contributed by atoms with Crippen molar-refractivity contribution in [1.82, 2.24) is 0 Å². The number of ether oxygens (including phenoxy) is 1. The molecule has 3 heteroatoms. The highest BCUT2D eigenvalue weighted by Crippen LogP contribution is 2.36. The molecule has 0 aliphatic carbocycles. The third-order valence-electron chi connectivity index (χ3n) is 3.60. The highest BCUT2D eigenvalue weighted by atomic mass is 35.5. The smallest absolute Gasteiger partial charge is 0.126 e. The summed E-state index contributed by atoms with van der Waals surface area (Å²) < 4.78 is 5.31. The molecule has 1 unspecified atom stereocenters. The van der Waals surface area contributed by atoms with Gasteiger partial charge in [0.15, 0.2) is 0 Å². The molecule has 1 atom stereocenters. The summed E-state index contributed by atoms with van der Waals surface area (Å²) in [5, 5.41) is 13.4. The average Bonchev–Trinajstić information content (AvgIpc) is 2.53. The Morgan fingerprint density at radius 3 is 2.48 bits per heavy atom. The number of benzene rings is 3. The first-order valence-electron chi connectivity index (χ1n) is 6.70. The highest BCUT2D eigenvalue weighted by Gasteiger charge is 2.19. The summed E-state index contributed by atoms with van der Waals surface area (Å²) in [5.74, 6) is 0.586. The van der Waals surface area contributed by atoms with E-state index >= 15 is 0 Å². The minimum atomic E-state index is -0.821. The third kappa shape index (κ3) is 2.60. The number of aliphatic hydroxyl groups excluding tert-OH is 1. The van der Waals surface area contributed by atoms with Crippen LogP contribution in [0.1, 0.15) is 17.2 Å². The van der Waals surface area contributed by atoms with Gasteiger partial charge in [-0.25, -0.2) is 0 Å². The van der Waals surface area contributed by atoms with Crippen LogP contribution in [0.25, 0.3) is 10.8 Å². The van der Waals surface area contributed by atoms with Crippen molar-refractivity contribution in [1.29, 1.82) is 0 Å². The Morgan fingerprint density at radius 2 is 1.71 bits per heavy atom. The molecule has 0 bridgehead atoms. The lowest BCUT2D eigenvalue weighted by Gasteiger charge is -2.17. The summed E-state index contributed by atoms with van der Waals surface area (Å²) in [5.41, 5.74) is 1.39. The van der Waals surface area contributed by atoms with Crippen LogP contribution in [0.4, 0.5) is 0 Å². The molecule has 0 amide bonds. The van der Waals surface area contributed by atoms with Crippen LogP contribution in [-0.4, -0.2) is 12.2 Å². The number of aliphatic hydroxyl groups is 1. The second kappa shape index (κ2) is 5.76. The zero-order valence-electron chi connectivity index (χ0n) is 11.6. The summed E-state index contributed by atoms with van der Waals surface area (Å²) in [7, 11) is 1.57. The molecular weight excluding hydrogens is 284 g/mol. The number of fused-ring (bicyclic) bond motifs is 1. The minimum absolute atomic E-state index is 0.495. The van der Waals surface area contributed by atoms with E-state index in [1.165, 1.54) is 0 Å². The average molecular weight is 299 g/mol. The molecule has 2 nitrogen and oxygen atoms in total. The van der Waals surface area contributed by atoms with Gasteiger partial charge >= 0.3 is 0 Å². The lowest BCUT2D eigenvalue weighted by molar-refractivity contribution is 0.215. The molecule has 1 N–H and O–H groups in total. The lowest BCUT2D eigenvalue weighted by Crippen LogP contribution is -2.03. The van der Waals surface area contributed by atoms with E-state index in [2.05, 4.69) is 0 Å². The van der Waals surface area contributed by atoms with E-state index in [0.29, 0.717) is 16.3 Å². The Hall–Kier alpha value is -2.03. The number of methoxy groups -OCH3 is 1. The van der Waals surface area contributed by atoms with Crippen LogP contribution in [0.2, 0.25) is 5.02 Å². The molecule has 3 rings (SSSR count). The van der Waals surface area contributed by atoms with Gasteiger partial charge in [-0.1, -0.05) is 54.1 Å². The maximum absolute atomic E-state index is 10.7. The fraction of sp³-hybridized carbons (Fsp3) is 0.111. The van der Waals surface area contributed by atoms with Gasteiger partial charge in [0.1, 0.15) is 11.9 Å². The monoisotopic (exact) mass is 298 g/mol. The minimum Gasteiger partial charge on any atom is -0.496 e. The topological polar surface area (TPSA) is 29.5 Å². The zero-order valence-corrected chi connectivity index (χ0v) is 12.3. The SMILES string of the molecule is COc1cccc(Cl)c1C(O)c1ccc2ccccc2c1. The van der Waals surface area contributed by atoms with E-state index in [-0.39, 0.29) is 0 Å². The molecule has 3 aromatic rings. The molecule has 0 radical (unpaired) electrons. The fourth-order valence-corrected chi connectivity index (χ4v) is 2.77. The Morgan fingerprint density at radius 1 is 0.952 bits per heavy atom. The molecule has 3 aromatic carbocycles. The molecule has 0 saturated carbocycles. The van der Waals surface area contributed by atoms with Gasteiger partial charge in [-0.2, -0.15) is 0 Å². The van der Waals surface area contributed by atoms with Crippen molar-refractivity contribution in [3.8, 4) is 5.75 Å². The van der Waals surface area contributed by atoms with Gasteiger partial charge in [-0.05, 0) is 34.5 Å². The van der Waals surface area contributed by atoms with Crippen LogP contribution in [0.5, 0.6) is 5.75 Å². The van der Waals surface area contributed by atoms with E-state index < -0.39 is 6.10 Å². The van der Waals surface area contributed by atoms with E-state index in [1.54, 1.807) is 25.3 Å². The molecule has 0 aliphatic heterocycles. The van der Waals surface area contributed by atoms with Gasteiger partial charge in [0, 0.05) is 5.56 Å². The quantitative estimate of drug-likeness (QED) is 0.766. The van der Waals surface area contributed by atoms with Crippen LogP contribution in [0.15, 0.2) is 60.7 Å². The molecular formula is C18H15ClO2. The van der Waals surface area contributed by atoms with Crippen molar-refractivity contribution in [2.24, 2.45) is 0 Å². The van der Waals surface area contributed by atoms with Gasteiger partial charge in [0.25, 0.3) is 0 Å². The van der Waals surface area contributed by atoms with E-state index in [9.17, 15) is 5.11 Å². The normalized spacial score (nSPS) is 12.3. The summed E-state index contributed by atoms with van der Waals surface area (Å²) in [6, 6.07) is 19.3. The lowest BCUT2D eigenvalue weighted by atomic mass is 9.98. The molecule has 0 fully saturated rings. The van der Waals surface area contributed by atoms with E-state index in [0.717, 1.165) is 16.3 Å². The van der Waals surface area contributed by atoms with Crippen LogP contribution >= 0.6 is 11.6 Å². The van der Waals surface area contributed by atoms with Gasteiger partial charge in [-0.15, -0.1) is 0 Å². The van der Waals surface area contributed by atoms with Crippen LogP contribution in [0.3, 0.4) is 0 Å². The molecule has 0 aromatic heterocycles. The summed E-state index contributed by atoms with van der Waals surface area (Å²) >= 11 is 6.23. The number of hydrogen-bond acceptors (Lipinski definition) is 2. The van der Waals surface area contributed by atoms with Gasteiger partial charge in [-0.3, -0.25) is 0 Å². The predicted octanol–water partition coefficient (Wildman–Crippen LogP) is 4.58. The van der Waals surface area contributed by atoms with Crippen molar-refractivity contribution in [3.05, 3.63) is 76.8 Å². The van der Waals surface area contributed by atoms with Crippen LogP contribution < -0.4 is 4.74 Å². The number of halogens is 1. The summed E-state index contributed by atoms with van der Waals surface area (Å²) in [4.78, 5) is 0. The van der Waals surface area contributed by atoms with Crippen molar-refractivity contribution >= 4 is 22.4 Å². The van der Waals surface area contributed by atoms with Crippen molar-refractivity contribution in [2.75, 3.05) is 7.11 Å². The predicted molar refractivity (Wildman–Crippen MR) is 86.0 cm³/mol. The maximum atomic E-state index is 10.7. The first-order chi connectivity index (χ1) is 10.2. The molecule has 21 heavy (non-hydrogen) atoms. The van der Waals surface area contributed by atoms with Crippen LogP contribution in [-0.2, 0) is 0 Å².